The van der Waals surface area contributed by atoms with Crippen LogP contribution in [0.2, 0.25) is 5.02 Å². The lowest BCUT2D eigenvalue weighted by molar-refractivity contribution is 0.182. The molecule has 1 aliphatic heterocycles. The van der Waals surface area contributed by atoms with Crippen LogP contribution in [0, 0.1) is 5.92 Å². The lowest BCUT2D eigenvalue weighted by atomic mass is 10.1. The van der Waals surface area contributed by atoms with E-state index in [1.54, 1.807) is 18.5 Å². The van der Waals surface area contributed by atoms with E-state index in [2.05, 4.69) is 32.3 Å². The normalized spacial score (nSPS) is 19.3. The van der Waals surface area contributed by atoms with Crippen molar-refractivity contribution < 1.29 is 4.74 Å². The molecule has 1 saturated heterocycles. The second-order valence-electron chi connectivity index (χ2n) is 5.77. The van der Waals surface area contributed by atoms with Crippen LogP contribution < -0.4 is 10.1 Å². The van der Waals surface area contributed by atoms with Gasteiger partial charge in [-0.2, -0.15) is 0 Å². The van der Waals surface area contributed by atoms with Crippen molar-refractivity contribution in [3.8, 4) is 6.01 Å². The summed E-state index contributed by atoms with van der Waals surface area (Å²) < 4.78 is 5.71. The molecule has 0 radical (unpaired) electrons. The number of rotatable bonds is 5. The van der Waals surface area contributed by atoms with Crippen LogP contribution in [-0.2, 0) is 6.54 Å². The van der Waals surface area contributed by atoms with Gasteiger partial charge in [0.05, 0.1) is 6.61 Å². The highest BCUT2D eigenvalue weighted by Crippen LogP contribution is 2.14. The van der Waals surface area contributed by atoms with Crippen LogP contribution in [0.4, 0.5) is 0 Å². The SMILES string of the molecule is Clc1ccc(CN2CCNC[C@@H](COc3ncccn3)C2)cc1. The number of nitrogens with zero attached hydrogens (tertiary/aromatic N) is 3. The molecule has 23 heavy (non-hydrogen) atoms. The highest BCUT2D eigenvalue weighted by molar-refractivity contribution is 6.30. The zero-order valence-corrected chi connectivity index (χ0v) is 13.7. The highest BCUT2D eigenvalue weighted by Gasteiger charge is 2.19. The molecule has 0 saturated carbocycles. The third kappa shape index (κ3) is 5.16. The van der Waals surface area contributed by atoms with Crippen LogP contribution in [0.25, 0.3) is 0 Å². The van der Waals surface area contributed by atoms with E-state index in [1.165, 1.54) is 5.56 Å². The van der Waals surface area contributed by atoms with Gasteiger partial charge in [-0.05, 0) is 23.8 Å². The number of nitrogens with one attached hydrogen (secondary N) is 1. The van der Waals surface area contributed by atoms with Crippen LogP contribution in [0.1, 0.15) is 5.56 Å². The smallest absolute Gasteiger partial charge is 0.316 e. The van der Waals surface area contributed by atoms with Gasteiger partial charge in [0.15, 0.2) is 0 Å². The van der Waals surface area contributed by atoms with Gasteiger partial charge in [0, 0.05) is 56.1 Å². The quantitative estimate of drug-likeness (QED) is 0.910. The predicted octanol–water partition coefficient (Wildman–Crippen LogP) is 2.23. The number of hydrogen-bond donors (Lipinski definition) is 1. The third-order valence-electron chi connectivity index (χ3n) is 3.86. The summed E-state index contributed by atoms with van der Waals surface area (Å²) in [6, 6.07) is 10.3. The van der Waals surface area contributed by atoms with E-state index >= 15 is 0 Å². The Labute approximate surface area is 141 Å². The summed E-state index contributed by atoms with van der Waals surface area (Å²) in [6.45, 7) is 5.50. The first-order chi connectivity index (χ1) is 11.3. The topological polar surface area (TPSA) is 50.3 Å². The lowest BCUT2D eigenvalue weighted by Gasteiger charge is -2.23. The van der Waals surface area contributed by atoms with Gasteiger partial charge in [-0.15, -0.1) is 0 Å². The molecular formula is C17H21ClN4O. The van der Waals surface area contributed by atoms with Crippen molar-refractivity contribution in [1.82, 2.24) is 20.2 Å². The van der Waals surface area contributed by atoms with Crippen molar-refractivity contribution in [3.63, 3.8) is 0 Å². The van der Waals surface area contributed by atoms with Gasteiger partial charge in [0.2, 0.25) is 0 Å². The molecule has 0 amide bonds. The predicted molar refractivity (Wildman–Crippen MR) is 90.6 cm³/mol. The number of ether oxygens (including phenoxy) is 1. The first kappa shape index (κ1) is 16.2. The fourth-order valence-electron chi connectivity index (χ4n) is 2.72. The van der Waals surface area contributed by atoms with Gasteiger partial charge in [-0.1, -0.05) is 23.7 Å². The van der Waals surface area contributed by atoms with Gasteiger partial charge in [0.1, 0.15) is 0 Å². The van der Waals surface area contributed by atoms with E-state index in [0.717, 1.165) is 37.7 Å². The summed E-state index contributed by atoms with van der Waals surface area (Å²) in [5.74, 6) is 0.411. The van der Waals surface area contributed by atoms with E-state index in [-0.39, 0.29) is 0 Å². The fourth-order valence-corrected chi connectivity index (χ4v) is 2.85. The average molecular weight is 333 g/mol. The minimum Gasteiger partial charge on any atom is -0.463 e. The summed E-state index contributed by atoms with van der Waals surface area (Å²) >= 11 is 5.95. The Morgan fingerprint density at radius 3 is 2.78 bits per heavy atom. The molecule has 1 fully saturated rings. The molecule has 2 aromatic rings. The zero-order valence-electron chi connectivity index (χ0n) is 13.0. The maximum atomic E-state index is 5.95. The van der Waals surface area contributed by atoms with E-state index in [0.29, 0.717) is 18.5 Å². The molecule has 1 aliphatic rings. The lowest BCUT2D eigenvalue weighted by Crippen LogP contribution is -2.32. The van der Waals surface area contributed by atoms with Crippen LogP contribution in [0.3, 0.4) is 0 Å². The Bertz CT molecular complexity index is 593. The molecule has 122 valence electrons. The van der Waals surface area contributed by atoms with Crippen molar-refractivity contribution in [1.29, 1.82) is 0 Å². The Morgan fingerprint density at radius 1 is 1.22 bits per heavy atom. The van der Waals surface area contributed by atoms with Crippen molar-refractivity contribution in [2.24, 2.45) is 5.92 Å². The van der Waals surface area contributed by atoms with Crippen molar-refractivity contribution in [2.45, 2.75) is 6.54 Å². The van der Waals surface area contributed by atoms with Crippen molar-refractivity contribution in [2.75, 3.05) is 32.8 Å². The Kier molecular flexibility index (Phi) is 5.80. The first-order valence-electron chi connectivity index (χ1n) is 7.87. The molecule has 1 aromatic heterocycles. The van der Waals surface area contributed by atoms with Gasteiger partial charge in [-0.25, -0.2) is 9.97 Å². The molecule has 1 N–H and O–H groups in total. The first-order valence-corrected chi connectivity index (χ1v) is 8.25. The molecule has 2 heterocycles. The van der Waals surface area contributed by atoms with Gasteiger partial charge < -0.3 is 10.1 Å². The summed E-state index contributed by atoms with van der Waals surface area (Å²) in [5, 5.41) is 4.25. The number of hydrogen-bond acceptors (Lipinski definition) is 5. The van der Waals surface area contributed by atoms with Crippen molar-refractivity contribution >= 4 is 11.6 Å². The van der Waals surface area contributed by atoms with Crippen LogP contribution in [-0.4, -0.2) is 47.7 Å². The van der Waals surface area contributed by atoms with Crippen LogP contribution in [0.5, 0.6) is 6.01 Å². The molecule has 6 heteroatoms. The van der Waals surface area contributed by atoms with E-state index in [9.17, 15) is 0 Å². The average Bonchev–Trinajstić information content (AvgIpc) is 2.81. The van der Waals surface area contributed by atoms with Crippen LogP contribution >= 0.6 is 11.6 Å². The van der Waals surface area contributed by atoms with E-state index < -0.39 is 0 Å². The third-order valence-corrected chi connectivity index (χ3v) is 4.12. The Morgan fingerprint density at radius 2 is 2.00 bits per heavy atom. The second kappa shape index (κ2) is 8.24. The molecule has 5 nitrogen and oxygen atoms in total. The summed E-state index contributed by atoms with van der Waals surface area (Å²) in [6.07, 6.45) is 3.39. The monoisotopic (exact) mass is 332 g/mol. The maximum Gasteiger partial charge on any atom is 0.316 e. The molecule has 1 aromatic carbocycles. The molecule has 0 spiro atoms. The number of aromatic nitrogens is 2. The Hall–Kier alpha value is -1.69. The summed E-state index contributed by atoms with van der Waals surface area (Å²) in [5.41, 5.74) is 1.28. The number of benzene rings is 1. The largest absolute Gasteiger partial charge is 0.463 e. The maximum absolute atomic E-state index is 5.95. The van der Waals surface area contributed by atoms with Crippen molar-refractivity contribution in [3.05, 3.63) is 53.3 Å². The molecule has 0 bridgehead atoms. The second-order valence-corrected chi connectivity index (χ2v) is 6.21. The van der Waals surface area contributed by atoms with Gasteiger partial charge in [-0.3, -0.25) is 4.90 Å². The molecule has 0 aliphatic carbocycles. The highest BCUT2D eigenvalue weighted by atomic mass is 35.5. The molecule has 1 atom stereocenters. The summed E-state index contributed by atoms with van der Waals surface area (Å²) in [7, 11) is 0. The van der Waals surface area contributed by atoms with E-state index in [1.807, 2.05) is 12.1 Å². The minimum absolute atomic E-state index is 0.411. The number of halogens is 1. The zero-order chi connectivity index (χ0) is 15.9. The van der Waals surface area contributed by atoms with Gasteiger partial charge in [0.25, 0.3) is 0 Å². The minimum atomic E-state index is 0.411. The molecular weight excluding hydrogens is 312 g/mol. The fraction of sp³-hybridized carbons (Fsp3) is 0.412. The Balaban J connectivity index is 1.54. The van der Waals surface area contributed by atoms with Gasteiger partial charge >= 0.3 is 6.01 Å². The molecule has 3 rings (SSSR count). The molecule has 0 unspecified atom stereocenters. The van der Waals surface area contributed by atoms with E-state index in [4.69, 9.17) is 16.3 Å². The summed E-state index contributed by atoms with van der Waals surface area (Å²) in [4.78, 5) is 10.7. The standard InChI is InChI=1S/C17H21ClN4O/c18-16-4-2-14(3-5-16)11-22-9-8-19-10-15(12-22)13-23-17-20-6-1-7-21-17/h1-7,15,19H,8-13H2/t15-/m1/s1. The van der Waals surface area contributed by atoms with Crippen LogP contribution in [0.15, 0.2) is 42.7 Å².